The lowest BCUT2D eigenvalue weighted by Crippen LogP contribution is -2.17. The van der Waals surface area contributed by atoms with Crippen molar-refractivity contribution in [2.24, 2.45) is 5.92 Å². The van der Waals surface area contributed by atoms with Gasteiger partial charge in [-0.05, 0) is 61.9 Å². The summed E-state index contributed by atoms with van der Waals surface area (Å²) in [7, 11) is 0. The molecule has 1 aliphatic heterocycles. The summed E-state index contributed by atoms with van der Waals surface area (Å²) in [6, 6.07) is 9.92. The van der Waals surface area contributed by atoms with Crippen molar-refractivity contribution < 1.29 is 14.3 Å². The van der Waals surface area contributed by atoms with Crippen LogP contribution in [0.4, 0.5) is 10.7 Å². The first-order valence-corrected chi connectivity index (χ1v) is 12.0. The van der Waals surface area contributed by atoms with Gasteiger partial charge in [-0.2, -0.15) is 11.8 Å². The van der Waals surface area contributed by atoms with Crippen molar-refractivity contribution >= 4 is 45.6 Å². The van der Waals surface area contributed by atoms with Gasteiger partial charge in [0.05, 0.1) is 9.88 Å². The van der Waals surface area contributed by atoms with E-state index in [0.717, 1.165) is 60.9 Å². The minimum Gasteiger partial charge on any atom is -0.381 e. The highest BCUT2D eigenvalue weighted by molar-refractivity contribution is 7.99. The zero-order chi connectivity index (χ0) is 20.2. The molecule has 2 aromatic rings. The van der Waals surface area contributed by atoms with Crippen molar-refractivity contribution in [2.45, 2.75) is 43.6 Å². The fraction of sp³-hybridized carbons (Fsp3) is 0.455. The molecule has 1 aromatic carbocycles. The second-order valence-electron chi connectivity index (χ2n) is 7.66. The van der Waals surface area contributed by atoms with Gasteiger partial charge < -0.3 is 15.4 Å². The van der Waals surface area contributed by atoms with Crippen LogP contribution in [0.5, 0.6) is 0 Å². The van der Waals surface area contributed by atoms with Crippen LogP contribution in [0.1, 0.15) is 46.5 Å². The lowest BCUT2D eigenvalue weighted by molar-refractivity contribution is -0.117. The number of hydrogen-bond acceptors (Lipinski definition) is 5. The number of nitrogens with one attached hydrogen (secondary N) is 2. The summed E-state index contributed by atoms with van der Waals surface area (Å²) in [6.45, 7) is 3.62. The SMILES string of the molecule is Cc1cc(NC(=O)C2CC2)sc1C(=O)Nc1cccc(CSC2CCOCC2)c1. The maximum Gasteiger partial charge on any atom is 0.266 e. The van der Waals surface area contributed by atoms with Crippen molar-refractivity contribution in [3.05, 3.63) is 46.3 Å². The molecule has 1 aliphatic carbocycles. The van der Waals surface area contributed by atoms with Gasteiger partial charge in [-0.25, -0.2) is 0 Å². The third-order valence-corrected chi connectivity index (χ3v) is 7.75. The number of amides is 2. The van der Waals surface area contributed by atoms with Crippen LogP contribution in [0.15, 0.2) is 30.3 Å². The summed E-state index contributed by atoms with van der Waals surface area (Å²) in [5, 5.41) is 7.33. The van der Waals surface area contributed by atoms with Crippen molar-refractivity contribution in [1.82, 2.24) is 0 Å². The Morgan fingerprint density at radius 3 is 2.69 bits per heavy atom. The van der Waals surface area contributed by atoms with Gasteiger partial charge in [0.2, 0.25) is 5.91 Å². The van der Waals surface area contributed by atoms with Gasteiger partial charge in [-0.15, -0.1) is 11.3 Å². The third kappa shape index (κ3) is 5.62. The number of aryl methyl sites for hydroxylation is 1. The number of benzene rings is 1. The molecule has 2 fully saturated rings. The largest absolute Gasteiger partial charge is 0.381 e. The van der Waals surface area contributed by atoms with E-state index in [1.807, 2.05) is 43.0 Å². The maximum atomic E-state index is 12.8. The van der Waals surface area contributed by atoms with Crippen LogP contribution in [0, 0.1) is 12.8 Å². The first-order valence-electron chi connectivity index (χ1n) is 10.1. The monoisotopic (exact) mass is 430 g/mol. The smallest absolute Gasteiger partial charge is 0.266 e. The number of thiophene rings is 1. The minimum absolute atomic E-state index is 0.0629. The molecule has 2 heterocycles. The van der Waals surface area contributed by atoms with Gasteiger partial charge in [-0.3, -0.25) is 9.59 Å². The van der Waals surface area contributed by atoms with Gasteiger partial charge in [0.15, 0.2) is 0 Å². The van der Waals surface area contributed by atoms with E-state index in [1.54, 1.807) is 0 Å². The predicted octanol–water partition coefficient (Wildman–Crippen LogP) is 5.07. The van der Waals surface area contributed by atoms with Crippen LogP contribution in [0.3, 0.4) is 0 Å². The average Bonchev–Trinajstić information content (AvgIpc) is 3.51. The molecular formula is C22H26N2O3S2. The Morgan fingerprint density at radius 1 is 1.14 bits per heavy atom. The fourth-order valence-corrected chi connectivity index (χ4v) is 5.43. The molecule has 7 heteroatoms. The molecule has 0 spiro atoms. The van der Waals surface area contributed by atoms with Crippen LogP contribution in [0.25, 0.3) is 0 Å². The number of carbonyl (C=O) groups excluding carboxylic acids is 2. The third-order valence-electron chi connectivity index (χ3n) is 5.16. The van der Waals surface area contributed by atoms with E-state index in [-0.39, 0.29) is 17.7 Å². The Labute approximate surface area is 179 Å². The van der Waals surface area contributed by atoms with Gasteiger partial charge in [0, 0.05) is 35.8 Å². The number of anilines is 2. The number of ether oxygens (including phenoxy) is 1. The Hall–Kier alpha value is -1.83. The minimum atomic E-state index is -0.131. The lowest BCUT2D eigenvalue weighted by Gasteiger charge is -2.21. The van der Waals surface area contributed by atoms with E-state index >= 15 is 0 Å². The summed E-state index contributed by atoms with van der Waals surface area (Å²) >= 11 is 3.30. The Kier molecular flexibility index (Phi) is 6.57. The molecule has 5 nitrogen and oxygen atoms in total. The summed E-state index contributed by atoms with van der Waals surface area (Å²) in [5.74, 6) is 1.02. The molecule has 1 saturated carbocycles. The molecule has 0 unspecified atom stereocenters. The number of hydrogen-bond donors (Lipinski definition) is 2. The second-order valence-corrected chi connectivity index (χ2v) is 10.0. The second kappa shape index (κ2) is 9.32. The molecule has 0 radical (unpaired) electrons. The predicted molar refractivity (Wildman–Crippen MR) is 120 cm³/mol. The van der Waals surface area contributed by atoms with Crippen molar-refractivity contribution in [1.29, 1.82) is 0 Å². The molecule has 154 valence electrons. The molecule has 2 amide bonds. The van der Waals surface area contributed by atoms with Gasteiger partial charge in [0.25, 0.3) is 5.91 Å². The maximum absolute atomic E-state index is 12.8. The molecule has 1 aromatic heterocycles. The van der Waals surface area contributed by atoms with E-state index in [2.05, 4.69) is 16.7 Å². The Morgan fingerprint density at radius 2 is 1.93 bits per heavy atom. The number of rotatable bonds is 7. The highest BCUT2D eigenvalue weighted by atomic mass is 32.2. The van der Waals surface area contributed by atoms with Crippen LogP contribution in [0.2, 0.25) is 0 Å². The van der Waals surface area contributed by atoms with Crippen LogP contribution in [-0.2, 0) is 15.3 Å². The Balaban J connectivity index is 1.35. The van der Waals surface area contributed by atoms with E-state index in [4.69, 9.17) is 4.74 Å². The van der Waals surface area contributed by atoms with Crippen LogP contribution >= 0.6 is 23.1 Å². The summed E-state index contributed by atoms with van der Waals surface area (Å²) in [6.07, 6.45) is 4.15. The van der Waals surface area contributed by atoms with Crippen molar-refractivity contribution in [2.75, 3.05) is 23.8 Å². The summed E-state index contributed by atoms with van der Waals surface area (Å²) < 4.78 is 5.42. The molecule has 2 aliphatic rings. The fourth-order valence-electron chi connectivity index (χ4n) is 3.32. The Bertz CT molecular complexity index is 886. The van der Waals surface area contributed by atoms with E-state index in [9.17, 15) is 9.59 Å². The molecule has 4 rings (SSSR count). The zero-order valence-corrected chi connectivity index (χ0v) is 18.2. The molecular weight excluding hydrogens is 404 g/mol. The molecule has 0 bridgehead atoms. The van der Waals surface area contributed by atoms with Crippen LogP contribution in [-0.4, -0.2) is 30.3 Å². The van der Waals surface area contributed by atoms with E-state index in [0.29, 0.717) is 10.1 Å². The quantitative estimate of drug-likeness (QED) is 0.644. The first-order chi connectivity index (χ1) is 14.1. The first kappa shape index (κ1) is 20.4. The molecule has 2 N–H and O–H groups in total. The molecule has 29 heavy (non-hydrogen) atoms. The van der Waals surface area contributed by atoms with Gasteiger partial charge in [0.1, 0.15) is 0 Å². The van der Waals surface area contributed by atoms with Gasteiger partial charge >= 0.3 is 0 Å². The average molecular weight is 431 g/mol. The van der Waals surface area contributed by atoms with Gasteiger partial charge in [-0.1, -0.05) is 12.1 Å². The van der Waals surface area contributed by atoms with Crippen molar-refractivity contribution in [3.63, 3.8) is 0 Å². The zero-order valence-electron chi connectivity index (χ0n) is 16.5. The van der Waals surface area contributed by atoms with E-state index < -0.39 is 0 Å². The van der Waals surface area contributed by atoms with E-state index in [1.165, 1.54) is 16.9 Å². The highest BCUT2D eigenvalue weighted by Gasteiger charge is 2.30. The molecule has 1 saturated heterocycles. The topological polar surface area (TPSA) is 67.4 Å². The summed E-state index contributed by atoms with van der Waals surface area (Å²) in [5.41, 5.74) is 2.89. The lowest BCUT2D eigenvalue weighted by atomic mass is 10.2. The number of thioether (sulfide) groups is 1. The normalized spacial score (nSPS) is 17.1. The van der Waals surface area contributed by atoms with Crippen LogP contribution < -0.4 is 10.6 Å². The standard InChI is InChI=1S/C22H26N2O3S2/c1-14-11-19(24-21(25)16-5-6-16)29-20(14)22(26)23-17-4-2-3-15(12-17)13-28-18-7-9-27-10-8-18/h2-4,11-12,16,18H,5-10,13H2,1H3,(H,23,26)(H,24,25). The highest BCUT2D eigenvalue weighted by Crippen LogP contribution is 2.33. The molecule has 0 atom stereocenters. The van der Waals surface area contributed by atoms with Crippen molar-refractivity contribution in [3.8, 4) is 0 Å². The number of carbonyl (C=O) groups is 2. The summed E-state index contributed by atoms with van der Waals surface area (Å²) in [4.78, 5) is 25.4.